The molecular formula is C16H26N4O. The molecule has 116 valence electrons. The van der Waals surface area contributed by atoms with Crippen LogP contribution in [0.25, 0.3) is 0 Å². The third-order valence-electron chi connectivity index (χ3n) is 3.96. The van der Waals surface area contributed by atoms with Crippen molar-refractivity contribution in [2.75, 3.05) is 18.4 Å². The van der Waals surface area contributed by atoms with Gasteiger partial charge in [0.2, 0.25) is 5.91 Å². The van der Waals surface area contributed by atoms with Crippen LogP contribution in [0.2, 0.25) is 0 Å². The Hall–Kier alpha value is -1.62. The average Bonchev–Trinajstić information content (AvgIpc) is 2.48. The van der Waals surface area contributed by atoms with E-state index < -0.39 is 0 Å². The van der Waals surface area contributed by atoms with Crippen LogP contribution in [0.4, 0.5) is 5.82 Å². The molecule has 1 saturated carbocycles. The fourth-order valence-electron chi connectivity index (χ4n) is 2.70. The van der Waals surface area contributed by atoms with Gasteiger partial charge < -0.3 is 16.4 Å². The Morgan fingerprint density at radius 1 is 1.38 bits per heavy atom. The lowest BCUT2D eigenvalue weighted by atomic mass is 9.85. The van der Waals surface area contributed by atoms with Crippen molar-refractivity contribution in [1.82, 2.24) is 10.3 Å². The second kappa shape index (κ2) is 7.98. The zero-order chi connectivity index (χ0) is 15.1. The molecule has 1 amide bonds. The number of carbonyl (C=O) groups excluding carboxylic acids is 1. The van der Waals surface area contributed by atoms with Crippen LogP contribution >= 0.6 is 0 Å². The van der Waals surface area contributed by atoms with Crippen molar-refractivity contribution in [2.24, 2.45) is 11.7 Å². The van der Waals surface area contributed by atoms with Gasteiger partial charge in [-0.05, 0) is 44.2 Å². The first-order valence-corrected chi connectivity index (χ1v) is 7.85. The van der Waals surface area contributed by atoms with Crippen molar-refractivity contribution in [3.8, 4) is 0 Å². The molecule has 1 heterocycles. The van der Waals surface area contributed by atoms with E-state index in [2.05, 4.69) is 15.6 Å². The van der Waals surface area contributed by atoms with E-state index >= 15 is 0 Å². The lowest BCUT2D eigenvalue weighted by molar-refractivity contribution is -0.126. The maximum Gasteiger partial charge on any atom is 0.223 e. The van der Waals surface area contributed by atoms with Crippen molar-refractivity contribution in [1.29, 1.82) is 0 Å². The number of anilines is 1. The Kier molecular flexibility index (Phi) is 5.99. The van der Waals surface area contributed by atoms with Gasteiger partial charge in [-0.2, -0.15) is 0 Å². The number of pyridine rings is 1. The quantitative estimate of drug-likeness (QED) is 0.698. The number of aryl methyl sites for hydroxylation is 1. The molecule has 21 heavy (non-hydrogen) atoms. The normalized spacial score (nSPS) is 21.8. The van der Waals surface area contributed by atoms with Gasteiger partial charge in [0.15, 0.2) is 0 Å². The minimum atomic E-state index is 0.112. The zero-order valence-electron chi connectivity index (χ0n) is 12.8. The summed E-state index contributed by atoms with van der Waals surface area (Å²) >= 11 is 0. The van der Waals surface area contributed by atoms with Gasteiger partial charge >= 0.3 is 0 Å². The fraction of sp³-hybridized carbons (Fsp3) is 0.625. The molecule has 4 N–H and O–H groups in total. The van der Waals surface area contributed by atoms with Crippen LogP contribution in [-0.4, -0.2) is 30.0 Å². The van der Waals surface area contributed by atoms with Gasteiger partial charge in [0.25, 0.3) is 0 Å². The predicted octanol–water partition coefficient (Wildman–Crippen LogP) is 1.83. The summed E-state index contributed by atoms with van der Waals surface area (Å²) in [7, 11) is 0. The van der Waals surface area contributed by atoms with E-state index in [9.17, 15) is 4.79 Å². The van der Waals surface area contributed by atoms with Gasteiger partial charge in [0.05, 0.1) is 0 Å². The van der Waals surface area contributed by atoms with Crippen LogP contribution in [0, 0.1) is 12.8 Å². The zero-order valence-corrected chi connectivity index (χ0v) is 12.8. The van der Waals surface area contributed by atoms with E-state index in [4.69, 9.17) is 5.73 Å². The molecule has 0 bridgehead atoms. The molecule has 1 fully saturated rings. The predicted molar refractivity (Wildman–Crippen MR) is 85.0 cm³/mol. The minimum absolute atomic E-state index is 0.112. The Morgan fingerprint density at radius 2 is 2.24 bits per heavy atom. The molecule has 2 atom stereocenters. The lowest BCUT2D eigenvalue weighted by Gasteiger charge is -2.25. The van der Waals surface area contributed by atoms with Crippen LogP contribution in [0.15, 0.2) is 18.3 Å². The molecular weight excluding hydrogens is 264 g/mol. The average molecular weight is 290 g/mol. The summed E-state index contributed by atoms with van der Waals surface area (Å²) in [5.74, 6) is 1.16. The minimum Gasteiger partial charge on any atom is -0.370 e. The largest absolute Gasteiger partial charge is 0.370 e. The Morgan fingerprint density at radius 3 is 2.95 bits per heavy atom. The van der Waals surface area contributed by atoms with Gasteiger partial charge in [-0.15, -0.1) is 0 Å². The summed E-state index contributed by atoms with van der Waals surface area (Å²) in [6, 6.07) is 4.20. The van der Waals surface area contributed by atoms with Crippen LogP contribution in [-0.2, 0) is 4.79 Å². The van der Waals surface area contributed by atoms with Gasteiger partial charge in [-0.1, -0.05) is 12.5 Å². The van der Waals surface area contributed by atoms with Gasteiger partial charge in [0.1, 0.15) is 5.82 Å². The highest BCUT2D eigenvalue weighted by atomic mass is 16.1. The number of rotatable bonds is 6. The van der Waals surface area contributed by atoms with Crippen molar-refractivity contribution in [3.05, 3.63) is 23.9 Å². The molecule has 0 radical (unpaired) electrons. The van der Waals surface area contributed by atoms with Crippen molar-refractivity contribution in [3.63, 3.8) is 0 Å². The molecule has 0 aromatic carbocycles. The van der Waals surface area contributed by atoms with E-state index in [0.29, 0.717) is 6.54 Å². The summed E-state index contributed by atoms with van der Waals surface area (Å²) < 4.78 is 0. The molecule has 2 rings (SSSR count). The third kappa shape index (κ3) is 5.34. The highest BCUT2D eigenvalue weighted by Gasteiger charge is 2.24. The fourth-order valence-corrected chi connectivity index (χ4v) is 2.70. The van der Waals surface area contributed by atoms with Crippen molar-refractivity contribution < 1.29 is 4.79 Å². The van der Waals surface area contributed by atoms with Crippen molar-refractivity contribution >= 4 is 11.7 Å². The maximum absolute atomic E-state index is 12.0. The highest BCUT2D eigenvalue weighted by molar-refractivity contribution is 5.78. The summed E-state index contributed by atoms with van der Waals surface area (Å²) in [6.07, 6.45) is 6.66. The van der Waals surface area contributed by atoms with E-state index in [1.165, 1.54) is 0 Å². The van der Waals surface area contributed by atoms with Crippen molar-refractivity contribution in [2.45, 2.75) is 45.1 Å². The standard InChI is InChI=1S/C16H26N4O/c1-12-6-7-15(20-11-12)18-8-3-9-19-16(21)13-4-2-5-14(17)10-13/h6-7,11,13-14H,2-5,8-10,17H2,1H3,(H,18,20)(H,19,21). The maximum atomic E-state index is 12.0. The molecule has 0 saturated heterocycles. The number of carbonyl (C=O) groups is 1. The number of aromatic nitrogens is 1. The molecule has 1 aromatic heterocycles. The molecule has 5 heteroatoms. The molecule has 1 aliphatic carbocycles. The summed E-state index contributed by atoms with van der Waals surface area (Å²) in [4.78, 5) is 16.3. The Bertz CT molecular complexity index is 446. The van der Waals surface area contributed by atoms with Crippen LogP contribution in [0.1, 0.15) is 37.7 Å². The lowest BCUT2D eigenvalue weighted by Crippen LogP contribution is -2.38. The molecule has 0 spiro atoms. The smallest absolute Gasteiger partial charge is 0.223 e. The summed E-state index contributed by atoms with van der Waals surface area (Å²) in [5.41, 5.74) is 7.07. The number of hydrogen-bond acceptors (Lipinski definition) is 4. The topological polar surface area (TPSA) is 80.0 Å². The number of amides is 1. The monoisotopic (exact) mass is 290 g/mol. The van der Waals surface area contributed by atoms with Gasteiger partial charge in [0, 0.05) is 31.2 Å². The van der Waals surface area contributed by atoms with Crippen LogP contribution < -0.4 is 16.4 Å². The van der Waals surface area contributed by atoms with Crippen LogP contribution in [0.5, 0.6) is 0 Å². The number of nitrogens with two attached hydrogens (primary N) is 1. The molecule has 2 unspecified atom stereocenters. The molecule has 1 aliphatic rings. The van der Waals surface area contributed by atoms with E-state index in [0.717, 1.165) is 50.0 Å². The third-order valence-corrected chi connectivity index (χ3v) is 3.96. The second-order valence-electron chi connectivity index (χ2n) is 5.92. The van der Waals surface area contributed by atoms with E-state index in [-0.39, 0.29) is 17.9 Å². The first-order valence-electron chi connectivity index (χ1n) is 7.85. The summed E-state index contributed by atoms with van der Waals surface area (Å²) in [5, 5.41) is 6.26. The highest BCUT2D eigenvalue weighted by Crippen LogP contribution is 2.22. The Labute approximate surface area is 126 Å². The van der Waals surface area contributed by atoms with E-state index in [1.807, 2.05) is 25.3 Å². The van der Waals surface area contributed by atoms with Crippen LogP contribution in [0.3, 0.4) is 0 Å². The molecule has 0 aliphatic heterocycles. The number of hydrogen-bond donors (Lipinski definition) is 3. The first-order chi connectivity index (χ1) is 10.1. The molecule has 5 nitrogen and oxygen atoms in total. The summed E-state index contributed by atoms with van der Waals surface area (Å²) in [6.45, 7) is 3.52. The van der Waals surface area contributed by atoms with Gasteiger partial charge in [-0.3, -0.25) is 4.79 Å². The first kappa shape index (κ1) is 15.8. The SMILES string of the molecule is Cc1ccc(NCCCNC(=O)C2CCCC(N)C2)nc1. The van der Waals surface area contributed by atoms with Gasteiger partial charge in [-0.25, -0.2) is 4.98 Å². The molecule has 1 aromatic rings. The Balaban J connectivity index is 1.59. The van der Waals surface area contributed by atoms with E-state index in [1.54, 1.807) is 0 Å². The number of nitrogens with one attached hydrogen (secondary N) is 2. The second-order valence-corrected chi connectivity index (χ2v) is 5.92. The number of nitrogens with zero attached hydrogens (tertiary/aromatic N) is 1.